The van der Waals surface area contributed by atoms with Crippen LogP contribution in [0, 0.1) is 19.3 Å². The van der Waals surface area contributed by atoms with Crippen molar-refractivity contribution in [2.45, 2.75) is 13.5 Å². The molecule has 0 aliphatic carbocycles. The molecule has 2 heterocycles. The van der Waals surface area contributed by atoms with Gasteiger partial charge < -0.3 is 5.32 Å². The molecule has 3 aromatic rings. The predicted molar refractivity (Wildman–Crippen MR) is 87.9 cm³/mol. The molecule has 3 rings (SSSR count). The highest BCUT2D eigenvalue weighted by molar-refractivity contribution is 5.50. The Bertz CT molecular complexity index is 935. The van der Waals surface area contributed by atoms with Crippen LogP contribution in [0.4, 0.5) is 5.69 Å². The summed E-state index contributed by atoms with van der Waals surface area (Å²) in [6.07, 6.45) is 7.18. The van der Waals surface area contributed by atoms with Crippen molar-refractivity contribution in [3.05, 3.63) is 75.8 Å². The number of anilines is 1. The van der Waals surface area contributed by atoms with E-state index in [4.69, 9.17) is 6.42 Å². The summed E-state index contributed by atoms with van der Waals surface area (Å²) in [6, 6.07) is 12.9. The highest BCUT2D eigenvalue weighted by Crippen LogP contribution is 2.11. The number of hydrogen-bond acceptors (Lipinski definition) is 3. The molecule has 4 nitrogen and oxygen atoms in total. The van der Waals surface area contributed by atoms with Gasteiger partial charge in [-0.25, -0.2) is 4.98 Å². The Hall–Kier alpha value is -3.06. The van der Waals surface area contributed by atoms with Crippen molar-refractivity contribution in [3.63, 3.8) is 0 Å². The molecular weight excluding hydrogens is 274 g/mol. The van der Waals surface area contributed by atoms with Crippen LogP contribution in [-0.2, 0) is 6.54 Å². The number of hydrogen-bond donors (Lipinski definition) is 1. The summed E-state index contributed by atoms with van der Waals surface area (Å²) < 4.78 is 1.55. The maximum Gasteiger partial charge on any atom is 0.258 e. The van der Waals surface area contributed by atoms with Crippen LogP contribution in [0.1, 0.15) is 16.8 Å². The highest BCUT2D eigenvalue weighted by Gasteiger charge is 2.03. The van der Waals surface area contributed by atoms with E-state index in [1.54, 1.807) is 16.7 Å². The summed E-state index contributed by atoms with van der Waals surface area (Å²) >= 11 is 0. The van der Waals surface area contributed by atoms with E-state index in [1.807, 2.05) is 43.3 Å². The van der Waals surface area contributed by atoms with Gasteiger partial charge in [-0.3, -0.25) is 9.20 Å². The van der Waals surface area contributed by atoms with Gasteiger partial charge in [0.25, 0.3) is 5.56 Å². The molecule has 0 spiro atoms. The number of nitrogens with one attached hydrogen (secondary N) is 1. The Morgan fingerprint density at radius 3 is 2.95 bits per heavy atom. The van der Waals surface area contributed by atoms with E-state index in [2.05, 4.69) is 16.2 Å². The summed E-state index contributed by atoms with van der Waals surface area (Å²) in [4.78, 5) is 16.6. The number of pyridine rings is 1. The third kappa shape index (κ3) is 2.84. The van der Waals surface area contributed by atoms with Gasteiger partial charge in [0.15, 0.2) is 0 Å². The zero-order valence-electron chi connectivity index (χ0n) is 12.2. The molecule has 1 N–H and O–H groups in total. The van der Waals surface area contributed by atoms with Crippen LogP contribution in [0.25, 0.3) is 5.65 Å². The molecular formula is C18H15N3O. The Kier molecular flexibility index (Phi) is 3.63. The lowest BCUT2D eigenvalue weighted by atomic mass is 10.2. The van der Waals surface area contributed by atoms with Gasteiger partial charge in [-0.05, 0) is 36.8 Å². The molecule has 108 valence electrons. The quantitative estimate of drug-likeness (QED) is 0.754. The van der Waals surface area contributed by atoms with Gasteiger partial charge in [-0.2, -0.15) is 0 Å². The lowest BCUT2D eigenvalue weighted by Crippen LogP contribution is -2.17. The summed E-state index contributed by atoms with van der Waals surface area (Å²) in [7, 11) is 0. The van der Waals surface area contributed by atoms with Crippen LogP contribution < -0.4 is 10.9 Å². The van der Waals surface area contributed by atoms with Crippen LogP contribution >= 0.6 is 0 Å². The number of rotatable bonds is 3. The molecule has 4 heteroatoms. The summed E-state index contributed by atoms with van der Waals surface area (Å²) in [5.74, 6) is 2.60. The Balaban J connectivity index is 1.87. The van der Waals surface area contributed by atoms with Crippen LogP contribution in [0.15, 0.2) is 53.5 Å². The van der Waals surface area contributed by atoms with E-state index in [-0.39, 0.29) is 5.56 Å². The lowest BCUT2D eigenvalue weighted by molar-refractivity contribution is 0.965. The van der Waals surface area contributed by atoms with E-state index in [0.29, 0.717) is 17.9 Å². The fourth-order valence-corrected chi connectivity index (χ4v) is 2.26. The minimum atomic E-state index is -0.0807. The van der Waals surface area contributed by atoms with Gasteiger partial charge in [0.05, 0.1) is 12.2 Å². The Morgan fingerprint density at radius 1 is 1.27 bits per heavy atom. The van der Waals surface area contributed by atoms with Gasteiger partial charge in [0.2, 0.25) is 0 Å². The first-order valence-corrected chi connectivity index (χ1v) is 6.95. The van der Waals surface area contributed by atoms with Crippen molar-refractivity contribution in [1.82, 2.24) is 9.38 Å². The van der Waals surface area contributed by atoms with Gasteiger partial charge >= 0.3 is 0 Å². The number of aromatic nitrogens is 2. The monoisotopic (exact) mass is 289 g/mol. The molecule has 0 aliphatic rings. The standard InChI is InChI=1S/C18H15N3O/c1-3-14-5-4-6-15(9-14)19-11-16-10-18(22)21-12-13(2)7-8-17(21)20-16/h1,4-10,12,19H,11H2,2H3. The average Bonchev–Trinajstić information content (AvgIpc) is 2.54. The fourth-order valence-electron chi connectivity index (χ4n) is 2.26. The molecule has 0 amide bonds. The summed E-state index contributed by atoms with van der Waals surface area (Å²) in [5, 5.41) is 3.23. The first-order chi connectivity index (χ1) is 10.7. The third-order valence-corrected chi connectivity index (χ3v) is 3.36. The molecule has 0 saturated carbocycles. The zero-order chi connectivity index (χ0) is 15.5. The van der Waals surface area contributed by atoms with Crippen molar-refractivity contribution in [1.29, 1.82) is 0 Å². The minimum Gasteiger partial charge on any atom is -0.379 e. The van der Waals surface area contributed by atoms with E-state index in [0.717, 1.165) is 16.8 Å². The Labute approximate surface area is 128 Å². The second-order valence-corrected chi connectivity index (χ2v) is 5.10. The van der Waals surface area contributed by atoms with E-state index in [9.17, 15) is 4.79 Å². The van der Waals surface area contributed by atoms with Crippen molar-refractivity contribution >= 4 is 11.3 Å². The largest absolute Gasteiger partial charge is 0.379 e. The van der Waals surface area contributed by atoms with Gasteiger partial charge in [-0.15, -0.1) is 6.42 Å². The van der Waals surface area contributed by atoms with Crippen LogP contribution in [0.3, 0.4) is 0 Å². The van der Waals surface area contributed by atoms with Crippen LogP contribution in [-0.4, -0.2) is 9.38 Å². The molecule has 1 aromatic carbocycles. The smallest absolute Gasteiger partial charge is 0.258 e. The maximum atomic E-state index is 12.1. The van der Waals surface area contributed by atoms with Crippen molar-refractivity contribution in [2.24, 2.45) is 0 Å². The number of nitrogens with zero attached hydrogens (tertiary/aromatic N) is 2. The first-order valence-electron chi connectivity index (χ1n) is 6.95. The fraction of sp³-hybridized carbons (Fsp3) is 0.111. The van der Waals surface area contributed by atoms with Crippen LogP contribution in [0.5, 0.6) is 0 Å². The van der Waals surface area contributed by atoms with Gasteiger partial charge in [-0.1, -0.05) is 18.1 Å². The average molecular weight is 289 g/mol. The number of benzene rings is 1. The maximum absolute atomic E-state index is 12.1. The normalized spacial score (nSPS) is 10.4. The number of fused-ring (bicyclic) bond motifs is 1. The second-order valence-electron chi connectivity index (χ2n) is 5.10. The third-order valence-electron chi connectivity index (χ3n) is 3.36. The van der Waals surface area contributed by atoms with Crippen molar-refractivity contribution in [2.75, 3.05) is 5.32 Å². The van der Waals surface area contributed by atoms with Gasteiger partial charge in [0, 0.05) is 23.5 Å². The van der Waals surface area contributed by atoms with E-state index >= 15 is 0 Å². The molecule has 0 radical (unpaired) electrons. The zero-order valence-corrected chi connectivity index (χ0v) is 12.2. The molecule has 0 aliphatic heterocycles. The lowest BCUT2D eigenvalue weighted by Gasteiger charge is -2.08. The SMILES string of the molecule is C#Cc1cccc(NCc2cc(=O)n3cc(C)ccc3n2)c1. The topological polar surface area (TPSA) is 46.4 Å². The molecule has 0 bridgehead atoms. The first kappa shape index (κ1) is 13.9. The highest BCUT2D eigenvalue weighted by atomic mass is 16.1. The van der Waals surface area contributed by atoms with E-state index < -0.39 is 0 Å². The summed E-state index contributed by atoms with van der Waals surface area (Å²) in [6.45, 7) is 2.41. The molecule has 22 heavy (non-hydrogen) atoms. The van der Waals surface area contributed by atoms with E-state index in [1.165, 1.54) is 0 Å². The second kappa shape index (κ2) is 5.74. The molecule has 0 fully saturated rings. The molecule has 0 atom stereocenters. The minimum absolute atomic E-state index is 0.0807. The molecule has 0 unspecified atom stereocenters. The molecule has 2 aromatic heterocycles. The van der Waals surface area contributed by atoms with Crippen molar-refractivity contribution < 1.29 is 0 Å². The summed E-state index contributed by atoms with van der Waals surface area (Å²) in [5.41, 5.74) is 4.00. The predicted octanol–water partition coefficient (Wildman–Crippen LogP) is 2.60. The van der Waals surface area contributed by atoms with Crippen molar-refractivity contribution in [3.8, 4) is 12.3 Å². The molecule has 0 saturated heterocycles. The Morgan fingerprint density at radius 2 is 2.14 bits per heavy atom. The van der Waals surface area contributed by atoms with Crippen LogP contribution in [0.2, 0.25) is 0 Å². The number of aryl methyl sites for hydroxylation is 1. The van der Waals surface area contributed by atoms with Gasteiger partial charge in [0.1, 0.15) is 5.65 Å². The number of terminal acetylenes is 1.